The summed E-state index contributed by atoms with van der Waals surface area (Å²) in [7, 11) is 0. The number of nitrogens with zero attached hydrogens (tertiary/aromatic N) is 1. The lowest BCUT2D eigenvalue weighted by Gasteiger charge is -2.36. The molecular formula is C13H18Br2N2S. The van der Waals surface area contributed by atoms with Crippen molar-refractivity contribution in [2.24, 2.45) is 5.73 Å². The summed E-state index contributed by atoms with van der Waals surface area (Å²) in [6.45, 7) is 5.22. The van der Waals surface area contributed by atoms with Crippen LogP contribution in [0.4, 0.5) is 0 Å². The van der Waals surface area contributed by atoms with Gasteiger partial charge in [-0.3, -0.25) is 4.90 Å². The zero-order valence-electron chi connectivity index (χ0n) is 10.4. The molecule has 1 aliphatic heterocycles. The van der Waals surface area contributed by atoms with Crippen LogP contribution in [0.2, 0.25) is 0 Å². The van der Waals surface area contributed by atoms with Crippen LogP contribution in [0.5, 0.6) is 0 Å². The van der Waals surface area contributed by atoms with Gasteiger partial charge in [0.25, 0.3) is 0 Å². The first-order valence-electron chi connectivity index (χ1n) is 6.12. The number of thioether (sulfide) groups is 1. The minimum absolute atomic E-state index is 0.331. The van der Waals surface area contributed by atoms with E-state index < -0.39 is 0 Å². The first-order valence-corrected chi connectivity index (χ1v) is 8.76. The molecule has 0 spiro atoms. The Morgan fingerprint density at radius 1 is 1.44 bits per heavy atom. The van der Waals surface area contributed by atoms with E-state index in [1.807, 2.05) is 0 Å². The third kappa shape index (κ3) is 3.51. The van der Waals surface area contributed by atoms with Gasteiger partial charge in [-0.2, -0.15) is 11.8 Å². The molecule has 0 aromatic heterocycles. The maximum atomic E-state index is 5.99. The first kappa shape index (κ1) is 14.9. The maximum absolute atomic E-state index is 5.99. The molecule has 0 saturated carbocycles. The van der Waals surface area contributed by atoms with Crippen molar-refractivity contribution in [3.8, 4) is 0 Å². The summed E-state index contributed by atoms with van der Waals surface area (Å²) in [4.78, 5) is 2.51. The van der Waals surface area contributed by atoms with E-state index in [9.17, 15) is 0 Å². The fourth-order valence-electron chi connectivity index (χ4n) is 2.34. The lowest BCUT2D eigenvalue weighted by atomic mass is 10.1. The van der Waals surface area contributed by atoms with E-state index in [0.717, 1.165) is 22.0 Å². The molecule has 1 heterocycles. The highest BCUT2D eigenvalue weighted by molar-refractivity contribution is 9.13. The fraction of sp³-hybridized carbons (Fsp3) is 0.538. The molecule has 18 heavy (non-hydrogen) atoms. The van der Waals surface area contributed by atoms with Gasteiger partial charge in [0.2, 0.25) is 0 Å². The number of halogens is 2. The minimum Gasteiger partial charge on any atom is -0.329 e. The van der Waals surface area contributed by atoms with Crippen molar-refractivity contribution in [1.29, 1.82) is 0 Å². The molecule has 1 aromatic rings. The summed E-state index contributed by atoms with van der Waals surface area (Å²) in [6.07, 6.45) is 0. The van der Waals surface area contributed by atoms with Gasteiger partial charge in [0.05, 0.1) is 0 Å². The molecule has 1 fully saturated rings. The lowest BCUT2D eigenvalue weighted by Crippen LogP contribution is -2.42. The van der Waals surface area contributed by atoms with E-state index in [2.05, 4.69) is 73.6 Å². The maximum Gasteiger partial charge on any atom is 0.0471 e. The topological polar surface area (TPSA) is 29.3 Å². The normalized spacial score (nSPS) is 23.0. The van der Waals surface area contributed by atoms with E-state index in [1.54, 1.807) is 0 Å². The number of hydrogen-bond acceptors (Lipinski definition) is 3. The molecular weight excluding hydrogens is 376 g/mol. The van der Waals surface area contributed by atoms with Crippen LogP contribution in [0.3, 0.4) is 0 Å². The molecule has 1 aliphatic rings. The Balaban J connectivity index is 2.18. The van der Waals surface area contributed by atoms with Gasteiger partial charge < -0.3 is 5.73 Å². The Hall–Kier alpha value is 0.450. The summed E-state index contributed by atoms with van der Waals surface area (Å²) in [5.74, 6) is 1.20. The van der Waals surface area contributed by atoms with Gasteiger partial charge in [-0.15, -0.1) is 0 Å². The number of nitrogens with two attached hydrogens (primary N) is 1. The third-order valence-electron chi connectivity index (χ3n) is 3.26. The molecule has 0 bridgehead atoms. The molecule has 0 amide bonds. The second kappa shape index (κ2) is 6.75. The van der Waals surface area contributed by atoms with E-state index in [4.69, 9.17) is 5.73 Å². The van der Waals surface area contributed by atoms with Crippen LogP contribution in [0, 0.1) is 0 Å². The number of rotatable bonds is 3. The highest BCUT2D eigenvalue weighted by atomic mass is 79.9. The molecule has 5 heteroatoms. The summed E-state index contributed by atoms with van der Waals surface area (Å²) in [5, 5.41) is 0.701. The highest BCUT2D eigenvalue weighted by Gasteiger charge is 2.24. The van der Waals surface area contributed by atoms with Gasteiger partial charge in [-0.05, 0) is 49.6 Å². The van der Waals surface area contributed by atoms with Crippen molar-refractivity contribution in [3.63, 3.8) is 0 Å². The van der Waals surface area contributed by atoms with Crippen molar-refractivity contribution in [3.05, 3.63) is 32.7 Å². The fourth-order valence-corrected chi connectivity index (χ4v) is 4.03. The van der Waals surface area contributed by atoms with Gasteiger partial charge in [0.1, 0.15) is 0 Å². The number of hydrogen-bond donors (Lipinski definition) is 1. The molecule has 2 nitrogen and oxygen atoms in total. The Bertz CT molecular complexity index is 414. The second-order valence-electron chi connectivity index (χ2n) is 4.60. The third-order valence-corrected chi connectivity index (χ3v) is 6.28. The highest BCUT2D eigenvalue weighted by Crippen LogP contribution is 2.31. The molecule has 1 aromatic carbocycles. The molecule has 2 N–H and O–H groups in total. The van der Waals surface area contributed by atoms with Gasteiger partial charge >= 0.3 is 0 Å². The first-order chi connectivity index (χ1) is 8.61. The van der Waals surface area contributed by atoms with Crippen molar-refractivity contribution >= 4 is 43.6 Å². The zero-order chi connectivity index (χ0) is 13.1. The van der Waals surface area contributed by atoms with E-state index in [-0.39, 0.29) is 0 Å². The summed E-state index contributed by atoms with van der Waals surface area (Å²) >= 11 is 9.13. The minimum atomic E-state index is 0.331. The molecule has 0 radical (unpaired) electrons. The zero-order valence-corrected chi connectivity index (χ0v) is 14.4. The van der Waals surface area contributed by atoms with Crippen LogP contribution < -0.4 is 5.73 Å². The average molecular weight is 394 g/mol. The Labute approximate surface area is 130 Å². The van der Waals surface area contributed by atoms with Crippen LogP contribution in [0.15, 0.2) is 27.1 Å². The largest absolute Gasteiger partial charge is 0.329 e. The lowest BCUT2D eigenvalue weighted by molar-refractivity contribution is 0.211. The molecule has 100 valence electrons. The quantitative estimate of drug-likeness (QED) is 0.849. The Morgan fingerprint density at radius 2 is 2.22 bits per heavy atom. The van der Waals surface area contributed by atoms with Crippen LogP contribution >= 0.6 is 43.6 Å². The monoisotopic (exact) mass is 392 g/mol. The predicted octanol–water partition coefficient (Wildman–Crippen LogP) is 3.65. The van der Waals surface area contributed by atoms with Crippen molar-refractivity contribution in [2.75, 3.05) is 25.4 Å². The molecule has 1 saturated heterocycles. The summed E-state index contributed by atoms with van der Waals surface area (Å²) in [5.41, 5.74) is 7.29. The van der Waals surface area contributed by atoms with Crippen LogP contribution in [0.25, 0.3) is 0 Å². The standard InChI is InChI=1S/C13H18Br2N2S/c1-9-8-17(4-5-18-9)13(7-16)10-2-3-11(14)12(15)6-10/h2-3,6,9,13H,4-5,7-8,16H2,1H3. The average Bonchev–Trinajstić information content (AvgIpc) is 2.35. The van der Waals surface area contributed by atoms with E-state index >= 15 is 0 Å². The molecule has 0 aliphatic carbocycles. The van der Waals surface area contributed by atoms with Gasteiger partial charge in [-0.1, -0.05) is 13.0 Å². The van der Waals surface area contributed by atoms with Gasteiger partial charge in [-0.25, -0.2) is 0 Å². The smallest absolute Gasteiger partial charge is 0.0471 e. The van der Waals surface area contributed by atoms with Crippen molar-refractivity contribution in [1.82, 2.24) is 4.90 Å². The predicted molar refractivity (Wildman–Crippen MR) is 87.1 cm³/mol. The Morgan fingerprint density at radius 3 is 2.83 bits per heavy atom. The van der Waals surface area contributed by atoms with E-state index in [1.165, 1.54) is 11.3 Å². The number of benzene rings is 1. The summed E-state index contributed by atoms with van der Waals surface area (Å²) in [6, 6.07) is 6.76. The summed E-state index contributed by atoms with van der Waals surface area (Å²) < 4.78 is 2.18. The van der Waals surface area contributed by atoms with E-state index in [0.29, 0.717) is 17.8 Å². The Kier molecular flexibility index (Phi) is 5.57. The second-order valence-corrected chi connectivity index (χ2v) is 7.86. The molecule has 2 atom stereocenters. The SMILES string of the molecule is CC1CN(C(CN)c2ccc(Br)c(Br)c2)CCS1. The van der Waals surface area contributed by atoms with Crippen LogP contribution in [-0.4, -0.2) is 35.5 Å². The van der Waals surface area contributed by atoms with Gasteiger partial charge in [0.15, 0.2) is 0 Å². The van der Waals surface area contributed by atoms with Crippen molar-refractivity contribution in [2.45, 2.75) is 18.2 Å². The van der Waals surface area contributed by atoms with Crippen molar-refractivity contribution < 1.29 is 0 Å². The van der Waals surface area contributed by atoms with Gasteiger partial charge in [0, 0.05) is 45.6 Å². The molecule has 2 rings (SSSR count). The van der Waals surface area contributed by atoms with Crippen LogP contribution in [-0.2, 0) is 0 Å². The molecule has 2 unspecified atom stereocenters. The van der Waals surface area contributed by atoms with Crippen LogP contribution in [0.1, 0.15) is 18.5 Å².